The van der Waals surface area contributed by atoms with Crippen molar-refractivity contribution in [2.75, 3.05) is 26.2 Å². The molecule has 4 heteroatoms. The molecule has 0 atom stereocenters. The van der Waals surface area contributed by atoms with E-state index in [1.807, 2.05) is 4.90 Å². The maximum Gasteiger partial charge on any atom is 0.251 e. The van der Waals surface area contributed by atoms with Crippen LogP contribution in [0.25, 0.3) is 0 Å². The molecule has 0 aromatic heterocycles. The third kappa shape index (κ3) is 5.19. The fraction of sp³-hybridized carbons (Fsp3) is 1.00. The third-order valence-electron chi connectivity index (χ3n) is 3.72. The van der Waals surface area contributed by atoms with Crippen molar-refractivity contribution in [1.29, 1.82) is 0 Å². The first-order valence-corrected chi connectivity index (χ1v) is 7.16. The molecule has 108 valence electrons. The smallest absolute Gasteiger partial charge is 0.251 e. The number of likely N-dealkylation sites (tertiary alicyclic amines) is 1. The van der Waals surface area contributed by atoms with E-state index in [0.29, 0.717) is 18.0 Å². The highest BCUT2D eigenvalue weighted by Crippen LogP contribution is 2.20. The molecule has 0 unspecified atom stereocenters. The molecule has 0 bridgehead atoms. The first-order valence-electron chi connectivity index (χ1n) is 7.16. The maximum atomic E-state index is 12.6. The van der Waals surface area contributed by atoms with Crippen LogP contribution in [0.4, 0.5) is 8.78 Å². The summed E-state index contributed by atoms with van der Waals surface area (Å²) in [6.07, 6.45) is -0.165. The van der Waals surface area contributed by atoms with Gasteiger partial charge in [0, 0.05) is 18.6 Å². The van der Waals surface area contributed by atoms with Gasteiger partial charge in [-0.3, -0.25) is 4.90 Å². The van der Waals surface area contributed by atoms with E-state index >= 15 is 0 Å². The zero-order valence-corrected chi connectivity index (χ0v) is 12.2. The average molecular weight is 262 g/mol. The Balaban J connectivity index is 2.49. The number of piperidine rings is 1. The lowest BCUT2D eigenvalue weighted by molar-refractivity contribution is 0.0308. The summed E-state index contributed by atoms with van der Waals surface area (Å²) in [6, 6.07) is 0.913. The summed E-state index contributed by atoms with van der Waals surface area (Å²) in [4.78, 5) is 4.44. The summed E-state index contributed by atoms with van der Waals surface area (Å²) in [5.41, 5.74) is 0. The molecule has 2 nitrogen and oxygen atoms in total. The fourth-order valence-corrected chi connectivity index (χ4v) is 2.79. The van der Waals surface area contributed by atoms with Crippen molar-refractivity contribution in [2.24, 2.45) is 5.92 Å². The van der Waals surface area contributed by atoms with Crippen LogP contribution in [0.5, 0.6) is 0 Å². The number of rotatable bonds is 6. The third-order valence-corrected chi connectivity index (χ3v) is 3.72. The van der Waals surface area contributed by atoms with Crippen LogP contribution < -0.4 is 0 Å². The van der Waals surface area contributed by atoms with Crippen molar-refractivity contribution in [1.82, 2.24) is 9.80 Å². The first kappa shape index (κ1) is 15.8. The van der Waals surface area contributed by atoms with Gasteiger partial charge in [-0.1, -0.05) is 13.8 Å². The van der Waals surface area contributed by atoms with Crippen molar-refractivity contribution in [3.63, 3.8) is 0 Å². The molecule has 1 heterocycles. The molecule has 0 aromatic rings. The zero-order valence-electron chi connectivity index (χ0n) is 12.2. The first-order chi connectivity index (χ1) is 8.40. The van der Waals surface area contributed by atoms with Gasteiger partial charge in [0.1, 0.15) is 0 Å². The van der Waals surface area contributed by atoms with Gasteiger partial charge in [-0.15, -0.1) is 0 Å². The lowest BCUT2D eigenvalue weighted by Crippen LogP contribution is -2.49. The molecular weight excluding hydrogens is 234 g/mol. The van der Waals surface area contributed by atoms with E-state index in [0.717, 1.165) is 32.5 Å². The second-order valence-corrected chi connectivity index (χ2v) is 6.10. The molecule has 0 aliphatic carbocycles. The predicted molar refractivity (Wildman–Crippen MR) is 72.1 cm³/mol. The Morgan fingerprint density at radius 2 is 1.61 bits per heavy atom. The number of halogens is 2. The van der Waals surface area contributed by atoms with E-state index < -0.39 is 6.43 Å². The Kier molecular flexibility index (Phi) is 6.50. The Hall–Kier alpha value is -0.220. The predicted octanol–water partition coefficient (Wildman–Crippen LogP) is 3.08. The molecule has 1 saturated heterocycles. The molecular formula is C14H28F2N2. The molecule has 0 aromatic carbocycles. The molecule has 1 rings (SSSR count). The van der Waals surface area contributed by atoms with E-state index in [9.17, 15) is 8.78 Å². The molecule has 1 aliphatic heterocycles. The quantitative estimate of drug-likeness (QED) is 0.726. The number of alkyl halides is 2. The van der Waals surface area contributed by atoms with Crippen molar-refractivity contribution in [3.8, 4) is 0 Å². The minimum absolute atomic E-state index is 0.0650. The number of nitrogens with zero attached hydrogens (tertiary/aromatic N) is 2. The second-order valence-electron chi connectivity index (χ2n) is 6.10. The van der Waals surface area contributed by atoms with E-state index in [1.54, 1.807) is 0 Å². The van der Waals surface area contributed by atoms with Crippen molar-refractivity contribution in [2.45, 2.75) is 59.0 Å². The molecule has 1 aliphatic rings. The van der Waals surface area contributed by atoms with Crippen LogP contribution in [-0.2, 0) is 0 Å². The Bertz CT molecular complexity index is 214. The largest absolute Gasteiger partial charge is 0.301 e. The summed E-state index contributed by atoms with van der Waals surface area (Å²) in [7, 11) is 0. The van der Waals surface area contributed by atoms with Crippen LogP contribution in [0.1, 0.15) is 40.5 Å². The monoisotopic (exact) mass is 262 g/mol. The highest BCUT2D eigenvalue weighted by atomic mass is 19.3. The van der Waals surface area contributed by atoms with Crippen LogP contribution in [0.3, 0.4) is 0 Å². The lowest BCUT2D eigenvalue weighted by atomic mass is 10.0. The highest BCUT2D eigenvalue weighted by Gasteiger charge is 2.27. The van der Waals surface area contributed by atoms with Gasteiger partial charge in [-0.2, -0.15) is 0 Å². The molecule has 18 heavy (non-hydrogen) atoms. The summed E-state index contributed by atoms with van der Waals surface area (Å²) >= 11 is 0. The van der Waals surface area contributed by atoms with Crippen LogP contribution in [0.2, 0.25) is 0 Å². The van der Waals surface area contributed by atoms with Gasteiger partial charge in [0.05, 0.1) is 6.54 Å². The summed E-state index contributed by atoms with van der Waals surface area (Å²) in [6.45, 7) is 11.4. The second kappa shape index (κ2) is 7.39. The average Bonchev–Trinajstić information content (AvgIpc) is 2.27. The standard InChI is InChI=1S/C14H28F2N2/c1-11(2)9-18(10-14(15)16)13-5-7-17(8-6-13)12(3)4/h11-14H,5-10H2,1-4H3. The summed E-state index contributed by atoms with van der Waals surface area (Å²) in [5, 5.41) is 0. The topological polar surface area (TPSA) is 6.48 Å². The highest BCUT2D eigenvalue weighted by molar-refractivity contribution is 4.82. The molecule has 0 saturated carbocycles. The van der Waals surface area contributed by atoms with Crippen LogP contribution >= 0.6 is 0 Å². The van der Waals surface area contributed by atoms with E-state index in [1.165, 1.54) is 0 Å². The number of hydrogen-bond acceptors (Lipinski definition) is 2. The van der Waals surface area contributed by atoms with Crippen molar-refractivity contribution in [3.05, 3.63) is 0 Å². The molecule has 0 spiro atoms. The van der Waals surface area contributed by atoms with Crippen molar-refractivity contribution < 1.29 is 8.78 Å². The minimum atomic E-state index is -2.22. The normalized spacial score (nSPS) is 19.7. The van der Waals surface area contributed by atoms with Gasteiger partial charge in [0.15, 0.2) is 0 Å². The SMILES string of the molecule is CC(C)CN(CC(F)F)C1CCN(C(C)C)CC1. The summed E-state index contributed by atoms with van der Waals surface area (Å²) in [5.74, 6) is 0.451. The van der Waals surface area contributed by atoms with Gasteiger partial charge in [0.25, 0.3) is 6.43 Å². The fourth-order valence-electron chi connectivity index (χ4n) is 2.79. The lowest BCUT2D eigenvalue weighted by Gasteiger charge is -2.40. The van der Waals surface area contributed by atoms with Crippen LogP contribution in [-0.4, -0.2) is 54.5 Å². The maximum absolute atomic E-state index is 12.6. The van der Waals surface area contributed by atoms with Crippen LogP contribution in [0, 0.1) is 5.92 Å². The Labute approximate surface area is 110 Å². The minimum Gasteiger partial charge on any atom is -0.301 e. The van der Waals surface area contributed by atoms with E-state index in [2.05, 4.69) is 32.6 Å². The van der Waals surface area contributed by atoms with Gasteiger partial charge in [-0.05, 0) is 45.7 Å². The molecule has 0 radical (unpaired) electrons. The van der Waals surface area contributed by atoms with E-state index in [4.69, 9.17) is 0 Å². The van der Waals surface area contributed by atoms with E-state index in [-0.39, 0.29) is 6.54 Å². The Morgan fingerprint density at radius 1 is 1.06 bits per heavy atom. The van der Waals surface area contributed by atoms with Gasteiger partial charge in [-0.25, -0.2) is 8.78 Å². The van der Waals surface area contributed by atoms with Gasteiger partial charge in [0.2, 0.25) is 0 Å². The van der Waals surface area contributed by atoms with Gasteiger partial charge < -0.3 is 4.90 Å². The van der Waals surface area contributed by atoms with Gasteiger partial charge >= 0.3 is 0 Å². The molecule has 1 fully saturated rings. The molecule has 0 N–H and O–H groups in total. The number of hydrogen-bond donors (Lipinski definition) is 0. The van der Waals surface area contributed by atoms with Crippen LogP contribution in [0.15, 0.2) is 0 Å². The molecule has 0 amide bonds. The zero-order chi connectivity index (χ0) is 13.7. The summed E-state index contributed by atoms with van der Waals surface area (Å²) < 4.78 is 25.3. The Morgan fingerprint density at radius 3 is 2.00 bits per heavy atom. The van der Waals surface area contributed by atoms with Crippen molar-refractivity contribution >= 4 is 0 Å².